The first-order chi connectivity index (χ1) is 16.2. The van der Waals surface area contributed by atoms with Gasteiger partial charge in [0.25, 0.3) is 0 Å². The van der Waals surface area contributed by atoms with E-state index in [0.29, 0.717) is 11.6 Å². The van der Waals surface area contributed by atoms with Crippen molar-refractivity contribution in [2.75, 3.05) is 17.2 Å². The second-order valence-corrected chi connectivity index (χ2v) is 7.87. The Labute approximate surface area is 193 Å². The topological polar surface area (TPSA) is 62.7 Å². The fraction of sp³-hybridized carbons (Fsp3) is 0.107. The minimum absolute atomic E-state index is 0.582. The van der Waals surface area contributed by atoms with E-state index >= 15 is 0 Å². The summed E-state index contributed by atoms with van der Waals surface area (Å²) in [5, 5.41) is 10.0. The molecular weight excluding hydrogens is 406 g/mol. The van der Waals surface area contributed by atoms with Crippen molar-refractivity contribution in [3.63, 3.8) is 0 Å². The van der Waals surface area contributed by atoms with Crippen molar-refractivity contribution in [1.82, 2.24) is 15.0 Å². The van der Waals surface area contributed by atoms with E-state index in [2.05, 4.69) is 53.4 Å². The van der Waals surface area contributed by atoms with E-state index in [4.69, 9.17) is 9.97 Å². The number of fused-ring (bicyclic) bond motifs is 2. The molecule has 0 radical (unpaired) electrons. The maximum atomic E-state index is 4.91. The smallest absolute Gasteiger partial charge is 0.181 e. The van der Waals surface area contributed by atoms with Crippen LogP contribution in [-0.2, 0) is 0 Å². The van der Waals surface area contributed by atoms with E-state index in [1.54, 1.807) is 6.20 Å². The molecule has 0 amide bonds. The Bertz CT molecular complexity index is 1450. The molecule has 0 atom stereocenters. The van der Waals surface area contributed by atoms with E-state index in [1.165, 1.54) is 0 Å². The Morgan fingerprint density at radius 1 is 0.848 bits per heavy atom. The van der Waals surface area contributed by atoms with Gasteiger partial charge in [0, 0.05) is 40.5 Å². The van der Waals surface area contributed by atoms with Gasteiger partial charge in [-0.15, -0.1) is 0 Å². The lowest BCUT2D eigenvalue weighted by atomic mass is 10.1. The van der Waals surface area contributed by atoms with Crippen LogP contribution in [0.15, 0.2) is 91.6 Å². The maximum absolute atomic E-state index is 4.91. The molecule has 2 N–H and O–H groups in total. The molecule has 2 heterocycles. The zero-order chi connectivity index (χ0) is 22.6. The molecule has 0 saturated carbocycles. The van der Waals surface area contributed by atoms with Gasteiger partial charge in [0.05, 0.1) is 5.52 Å². The number of nitrogens with one attached hydrogen (secondary N) is 2. The zero-order valence-electron chi connectivity index (χ0n) is 18.5. The highest BCUT2D eigenvalue weighted by atomic mass is 15.1. The molecule has 5 nitrogen and oxygen atoms in total. The summed E-state index contributed by atoms with van der Waals surface area (Å²) in [6.45, 7) is 7.37. The van der Waals surface area contributed by atoms with Gasteiger partial charge in [0.2, 0.25) is 0 Å². The average Bonchev–Trinajstić information content (AvgIpc) is 2.87. The van der Waals surface area contributed by atoms with Crippen molar-refractivity contribution in [2.45, 2.75) is 13.3 Å². The molecule has 0 aliphatic heterocycles. The second kappa shape index (κ2) is 9.09. The summed E-state index contributed by atoms with van der Waals surface area (Å²) in [6, 6.07) is 26.3. The molecule has 0 aliphatic carbocycles. The molecule has 0 unspecified atom stereocenters. The summed E-state index contributed by atoms with van der Waals surface area (Å²) in [7, 11) is 0. The van der Waals surface area contributed by atoms with E-state index in [-0.39, 0.29) is 0 Å². The summed E-state index contributed by atoms with van der Waals surface area (Å²) in [5.74, 6) is 1.29. The molecule has 2 aromatic heterocycles. The number of para-hydroxylation sites is 2. The number of nitrogens with zero attached hydrogens (tertiary/aromatic N) is 3. The van der Waals surface area contributed by atoms with Crippen LogP contribution in [-0.4, -0.2) is 21.5 Å². The molecule has 0 fully saturated rings. The predicted octanol–water partition coefficient (Wildman–Crippen LogP) is 6.75. The number of aromatic nitrogens is 3. The van der Waals surface area contributed by atoms with Crippen LogP contribution < -0.4 is 10.6 Å². The number of hydrogen-bond donors (Lipinski definition) is 2. The van der Waals surface area contributed by atoms with Crippen molar-refractivity contribution in [3.05, 3.63) is 97.2 Å². The number of rotatable bonds is 7. The highest BCUT2D eigenvalue weighted by Crippen LogP contribution is 2.31. The summed E-state index contributed by atoms with van der Waals surface area (Å²) in [6.07, 6.45) is 2.85. The third kappa shape index (κ3) is 4.13. The lowest BCUT2D eigenvalue weighted by Crippen LogP contribution is -2.07. The average molecular weight is 432 g/mol. The molecule has 5 rings (SSSR count). The number of benzene rings is 3. The summed E-state index contributed by atoms with van der Waals surface area (Å²) in [5.41, 5.74) is 4.45. The van der Waals surface area contributed by atoms with Gasteiger partial charge in [0.1, 0.15) is 11.5 Å². The van der Waals surface area contributed by atoms with Gasteiger partial charge >= 0.3 is 0 Å². The van der Waals surface area contributed by atoms with Crippen LogP contribution in [0.25, 0.3) is 38.9 Å². The van der Waals surface area contributed by atoms with Crippen molar-refractivity contribution in [3.8, 4) is 11.5 Å². The maximum Gasteiger partial charge on any atom is 0.181 e. The molecule has 3 aromatic carbocycles. The van der Waals surface area contributed by atoms with Gasteiger partial charge in [-0.2, -0.15) is 0 Å². The Kier molecular flexibility index (Phi) is 5.68. The van der Waals surface area contributed by atoms with Crippen molar-refractivity contribution in [1.29, 1.82) is 0 Å². The van der Waals surface area contributed by atoms with Gasteiger partial charge in [0.15, 0.2) is 5.82 Å². The largest absolute Gasteiger partial charge is 0.385 e. The van der Waals surface area contributed by atoms with Gasteiger partial charge in [-0.3, -0.25) is 4.98 Å². The first kappa shape index (κ1) is 20.6. The molecule has 5 aromatic rings. The van der Waals surface area contributed by atoms with E-state index < -0.39 is 0 Å². The van der Waals surface area contributed by atoms with Gasteiger partial charge in [-0.05, 0) is 36.1 Å². The number of hydrogen-bond acceptors (Lipinski definition) is 5. The monoisotopic (exact) mass is 431 g/mol. The van der Waals surface area contributed by atoms with Crippen LogP contribution in [0.2, 0.25) is 0 Å². The van der Waals surface area contributed by atoms with Crippen molar-refractivity contribution in [2.24, 2.45) is 0 Å². The lowest BCUT2D eigenvalue weighted by molar-refractivity contribution is 0.979. The molecule has 0 aliphatic rings. The Morgan fingerprint density at radius 3 is 2.48 bits per heavy atom. The predicted molar refractivity (Wildman–Crippen MR) is 138 cm³/mol. The van der Waals surface area contributed by atoms with Crippen molar-refractivity contribution < 1.29 is 0 Å². The van der Waals surface area contributed by atoms with Gasteiger partial charge in [-0.25, -0.2) is 9.97 Å². The number of pyridine rings is 1. The normalized spacial score (nSPS) is 10.9. The summed E-state index contributed by atoms with van der Waals surface area (Å²) < 4.78 is 0. The van der Waals surface area contributed by atoms with Crippen LogP contribution in [0.1, 0.15) is 18.9 Å². The minimum atomic E-state index is 0.582. The first-order valence-corrected chi connectivity index (χ1v) is 11.1. The Hall–Kier alpha value is -4.25. The second-order valence-electron chi connectivity index (χ2n) is 7.87. The van der Waals surface area contributed by atoms with E-state index in [9.17, 15) is 0 Å². The quantitative estimate of drug-likeness (QED) is 0.298. The van der Waals surface area contributed by atoms with Gasteiger partial charge in [-0.1, -0.05) is 68.1 Å². The van der Waals surface area contributed by atoms with E-state index in [0.717, 1.165) is 57.3 Å². The SMILES string of the molecule is C=C(Nc1nc(-c2nccc3ccccc23)nc2ccccc12)c1ccccc1NCCC. The summed E-state index contributed by atoms with van der Waals surface area (Å²) in [4.78, 5) is 14.4. The molecule has 0 saturated heterocycles. The van der Waals surface area contributed by atoms with Gasteiger partial charge < -0.3 is 10.6 Å². The fourth-order valence-electron chi connectivity index (χ4n) is 3.95. The van der Waals surface area contributed by atoms with E-state index in [1.807, 2.05) is 54.6 Å². The summed E-state index contributed by atoms with van der Waals surface area (Å²) >= 11 is 0. The lowest BCUT2D eigenvalue weighted by Gasteiger charge is -2.16. The zero-order valence-corrected chi connectivity index (χ0v) is 18.5. The Balaban J connectivity index is 1.60. The van der Waals surface area contributed by atoms with Crippen LogP contribution in [0.3, 0.4) is 0 Å². The fourth-order valence-corrected chi connectivity index (χ4v) is 3.95. The highest BCUT2D eigenvalue weighted by molar-refractivity contribution is 5.98. The molecule has 0 spiro atoms. The molecule has 0 bridgehead atoms. The van der Waals surface area contributed by atoms with Crippen LogP contribution in [0.5, 0.6) is 0 Å². The molecule has 5 heteroatoms. The third-order valence-corrected chi connectivity index (χ3v) is 5.58. The standard InChI is InChI=1S/C28H25N5/c1-3-17-29-24-14-8-6-11-21(24)19(2)31-27-23-13-7-9-15-25(23)32-28(33-27)26-22-12-5-4-10-20(22)16-18-30-26/h4-16,18,29H,2-3,17H2,1H3,(H,31,32,33). The number of anilines is 2. The van der Waals surface area contributed by atoms with Crippen LogP contribution >= 0.6 is 0 Å². The molecule has 162 valence electrons. The molecule has 33 heavy (non-hydrogen) atoms. The molecular formula is C28H25N5. The first-order valence-electron chi connectivity index (χ1n) is 11.1. The minimum Gasteiger partial charge on any atom is -0.385 e. The Morgan fingerprint density at radius 2 is 1.61 bits per heavy atom. The van der Waals surface area contributed by atoms with Crippen LogP contribution in [0, 0.1) is 0 Å². The highest BCUT2D eigenvalue weighted by Gasteiger charge is 2.14. The third-order valence-electron chi connectivity index (χ3n) is 5.58. The van der Waals surface area contributed by atoms with Crippen molar-refractivity contribution >= 4 is 38.9 Å². The van der Waals surface area contributed by atoms with Crippen LogP contribution in [0.4, 0.5) is 11.5 Å².